The maximum atomic E-state index is 11.1. The minimum Gasteiger partial charge on any atom is -0.367 e. The predicted molar refractivity (Wildman–Crippen MR) is 76.2 cm³/mol. The SMILES string of the molecule is CC(CCS(C)=O)Nc1ncnc2ccccc12. The van der Waals surface area contributed by atoms with Gasteiger partial charge in [0.2, 0.25) is 0 Å². The third-order valence-corrected chi connectivity index (χ3v) is 3.57. The normalized spacial score (nSPS) is 14.3. The molecule has 0 saturated heterocycles. The maximum absolute atomic E-state index is 11.1. The van der Waals surface area contributed by atoms with Gasteiger partial charge in [0.15, 0.2) is 0 Å². The number of para-hydroxylation sites is 1. The summed E-state index contributed by atoms with van der Waals surface area (Å²) in [5, 5.41) is 4.37. The second kappa shape index (κ2) is 5.91. The van der Waals surface area contributed by atoms with Gasteiger partial charge in [-0.2, -0.15) is 0 Å². The summed E-state index contributed by atoms with van der Waals surface area (Å²) in [5.41, 5.74) is 0.932. The third kappa shape index (κ3) is 3.26. The van der Waals surface area contributed by atoms with E-state index in [0.717, 1.165) is 23.1 Å². The Morgan fingerprint density at radius 2 is 2.11 bits per heavy atom. The molecule has 1 N–H and O–H groups in total. The van der Waals surface area contributed by atoms with E-state index < -0.39 is 10.8 Å². The van der Waals surface area contributed by atoms with Gasteiger partial charge in [0.25, 0.3) is 0 Å². The molecule has 2 atom stereocenters. The van der Waals surface area contributed by atoms with Crippen molar-refractivity contribution in [2.45, 2.75) is 19.4 Å². The topological polar surface area (TPSA) is 54.9 Å². The molecule has 0 aliphatic rings. The Labute approximate surface area is 109 Å². The van der Waals surface area contributed by atoms with Gasteiger partial charge in [-0.1, -0.05) is 12.1 Å². The fraction of sp³-hybridized carbons (Fsp3) is 0.385. The van der Waals surface area contributed by atoms with Crippen LogP contribution in [0.2, 0.25) is 0 Å². The zero-order chi connectivity index (χ0) is 13.0. The molecule has 0 aliphatic carbocycles. The van der Waals surface area contributed by atoms with Crippen LogP contribution in [-0.4, -0.2) is 32.2 Å². The standard InChI is InChI=1S/C13H17N3OS/c1-10(7-8-18(2)17)16-13-11-5-3-4-6-12(11)14-9-15-13/h3-6,9-10H,7-8H2,1-2H3,(H,14,15,16). The van der Waals surface area contributed by atoms with Crippen LogP contribution in [0.4, 0.5) is 5.82 Å². The molecule has 0 fully saturated rings. The molecule has 2 aromatic rings. The van der Waals surface area contributed by atoms with Crippen LogP contribution in [0.3, 0.4) is 0 Å². The van der Waals surface area contributed by atoms with Gasteiger partial charge in [0.1, 0.15) is 12.1 Å². The van der Waals surface area contributed by atoms with Crippen molar-refractivity contribution in [3.63, 3.8) is 0 Å². The smallest absolute Gasteiger partial charge is 0.137 e. The average Bonchev–Trinajstić information content (AvgIpc) is 2.37. The number of hydrogen-bond donors (Lipinski definition) is 1. The summed E-state index contributed by atoms with van der Waals surface area (Å²) in [6.07, 6.45) is 4.16. The Bertz CT molecular complexity index is 553. The minimum absolute atomic E-state index is 0.243. The van der Waals surface area contributed by atoms with Crippen LogP contribution in [0.5, 0.6) is 0 Å². The lowest BCUT2D eigenvalue weighted by molar-refractivity contribution is 0.678. The minimum atomic E-state index is -0.744. The number of aromatic nitrogens is 2. The number of anilines is 1. The highest BCUT2D eigenvalue weighted by molar-refractivity contribution is 7.84. The molecule has 2 rings (SSSR count). The summed E-state index contributed by atoms with van der Waals surface area (Å²) in [5.74, 6) is 1.55. The van der Waals surface area contributed by atoms with E-state index in [0.29, 0.717) is 5.75 Å². The fourth-order valence-corrected chi connectivity index (χ4v) is 2.45. The first kappa shape index (κ1) is 13.0. The highest BCUT2D eigenvalue weighted by Gasteiger charge is 2.07. The van der Waals surface area contributed by atoms with E-state index in [1.54, 1.807) is 12.6 Å². The fourth-order valence-electron chi connectivity index (χ4n) is 1.77. The molecule has 1 heterocycles. The van der Waals surface area contributed by atoms with E-state index in [2.05, 4.69) is 22.2 Å². The quantitative estimate of drug-likeness (QED) is 0.898. The Balaban J connectivity index is 2.14. The molecule has 5 heteroatoms. The number of nitrogens with zero attached hydrogens (tertiary/aromatic N) is 2. The highest BCUT2D eigenvalue weighted by atomic mass is 32.2. The summed E-state index contributed by atoms with van der Waals surface area (Å²) >= 11 is 0. The first-order chi connectivity index (χ1) is 8.66. The molecule has 4 nitrogen and oxygen atoms in total. The summed E-state index contributed by atoms with van der Waals surface area (Å²) in [4.78, 5) is 8.50. The molecule has 0 radical (unpaired) electrons. The zero-order valence-corrected chi connectivity index (χ0v) is 11.4. The van der Waals surface area contributed by atoms with Crippen LogP contribution in [0.1, 0.15) is 13.3 Å². The summed E-state index contributed by atoms with van der Waals surface area (Å²) < 4.78 is 11.1. The molecule has 18 heavy (non-hydrogen) atoms. The molecule has 0 saturated carbocycles. The van der Waals surface area contributed by atoms with E-state index in [4.69, 9.17) is 0 Å². The second-order valence-corrected chi connectivity index (χ2v) is 5.91. The van der Waals surface area contributed by atoms with Crippen molar-refractivity contribution in [1.29, 1.82) is 0 Å². The van der Waals surface area contributed by atoms with Gasteiger partial charge in [-0.15, -0.1) is 0 Å². The molecule has 2 unspecified atom stereocenters. The van der Waals surface area contributed by atoms with Crippen LogP contribution < -0.4 is 5.32 Å². The molecule has 0 spiro atoms. The number of rotatable bonds is 5. The predicted octanol–water partition coefficient (Wildman–Crippen LogP) is 2.20. The molecule has 0 aliphatic heterocycles. The van der Waals surface area contributed by atoms with E-state index in [1.165, 1.54) is 0 Å². The highest BCUT2D eigenvalue weighted by Crippen LogP contribution is 2.19. The zero-order valence-electron chi connectivity index (χ0n) is 10.6. The molecule has 0 amide bonds. The van der Waals surface area contributed by atoms with E-state index in [1.807, 2.05) is 24.3 Å². The van der Waals surface area contributed by atoms with Crippen molar-refractivity contribution >= 4 is 27.5 Å². The Hall–Kier alpha value is -1.49. The van der Waals surface area contributed by atoms with Crippen LogP contribution in [-0.2, 0) is 10.8 Å². The lowest BCUT2D eigenvalue weighted by Gasteiger charge is -2.14. The maximum Gasteiger partial charge on any atom is 0.137 e. The molecule has 1 aromatic carbocycles. The van der Waals surface area contributed by atoms with E-state index in [9.17, 15) is 4.21 Å². The average molecular weight is 263 g/mol. The Kier molecular flexibility index (Phi) is 4.25. The largest absolute Gasteiger partial charge is 0.367 e. The second-order valence-electron chi connectivity index (χ2n) is 4.35. The van der Waals surface area contributed by atoms with Gasteiger partial charge in [0.05, 0.1) is 5.52 Å². The van der Waals surface area contributed by atoms with E-state index >= 15 is 0 Å². The van der Waals surface area contributed by atoms with Crippen LogP contribution in [0.25, 0.3) is 10.9 Å². The van der Waals surface area contributed by atoms with E-state index in [-0.39, 0.29) is 6.04 Å². The Morgan fingerprint density at radius 1 is 1.33 bits per heavy atom. The molecule has 96 valence electrons. The molecule has 1 aromatic heterocycles. The van der Waals surface area contributed by atoms with Gasteiger partial charge < -0.3 is 5.32 Å². The molecular weight excluding hydrogens is 246 g/mol. The van der Waals surface area contributed by atoms with Gasteiger partial charge in [-0.05, 0) is 25.5 Å². The summed E-state index contributed by atoms with van der Waals surface area (Å²) in [7, 11) is -0.744. The lowest BCUT2D eigenvalue weighted by atomic mass is 10.2. The molecule has 0 bridgehead atoms. The van der Waals surface area contributed by atoms with Crippen molar-refractivity contribution in [1.82, 2.24) is 9.97 Å². The number of nitrogens with one attached hydrogen (secondary N) is 1. The molecular formula is C13H17N3OS. The Morgan fingerprint density at radius 3 is 2.89 bits per heavy atom. The lowest BCUT2D eigenvalue weighted by Crippen LogP contribution is -2.18. The number of hydrogen-bond acceptors (Lipinski definition) is 4. The van der Waals surface area contributed by atoms with Crippen molar-refractivity contribution in [2.24, 2.45) is 0 Å². The number of benzene rings is 1. The summed E-state index contributed by atoms with van der Waals surface area (Å²) in [6, 6.07) is 8.15. The van der Waals surface area contributed by atoms with Crippen LogP contribution in [0, 0.1) is 0 Å². The monoisotopic (exact) mass is 263 g/mol. The number of fused-ring (bicyclic) bond motifs is 1. The van der Waals surface area contributed by atoms with Crippen LogP contribution in [0.15, 0.2) is 30.6 Å². The van der Waals surface area contributed by atoms with Crippen molar-refractivity contribution < 1.29 is 4.21 Å². The van der Waals surface area contributed by atoms with Gasteiger partial charge >= 0.3 is 0 Å². The van der Waals surface area contributed by atoms with Crippen LogP contribution >= 0.6 is 0 Å². The first-order valence-corrected chi connectivity index (χ1v) is 7.66. The van der Waals surface area contributed by atoms with Crippen molar-refractivity contribution in [3.8, 4) is 0 Å². The third-order valence-electron chi connectivity index (χ3n) is 2.76. The van der Waals surface area contributed by atoms with Crippen molar-refractivity contribution in [2.75, 3.05) is 17.3 Å². The van der Waals surface area contributed by atoms with Crippen molar-refractivity contribution in [3.05, 3.63) is 30.6 Å². The van der Waals surface area contributed by atoms with Gasteiger partial charge in [-0.3, -0.25) is 4.21 Å². The van der Waals surface area contributed by atoms with Gasteiger partial charge in [0, 0.05) is 34.2 Å². The first-order valence-electron chi connectivity index (χ1n) is 5.93. The van der Waals surface area contributed by atoms with Gasteiger partial charge in [-0.25, -0.2) is 9.97 Å². The summed E-state index contributed by atoms with van der Waals surface area (Å²) in [6.45, 7) is 2.07.